The zero-order chi connectivity index (χ0) is 19.2. The molecule has 1 aliphatic carbocycles. The van der Waals surface area contributed by atoms with E-state index in [1.807, 2.05) is 13.8 Å². The molecular weight excluding hydrogens is 336 g/mol. The van der Waals surface area contributed by atoms with E-state index < -0.39 is 0 Å². The molecule has 1 saturated carbocycles. The van der Waals surface area contributed by atoms with Crippen molar-refractivity contribution < 1.29 is 9.15 Å². The van der Waals surface area contributed by atoms with Gasteiger partial charge < -0.3 is 9.15 Å². The van der Waals surface area contributed by atoms with Gasteiger partial charge >= 0.3 is 0 Å². The summed E-state index contributed by atoms with van der Waals surface area (Å²) in [5.74, 6) is 2.52. The van der Waals surface area contributed by atoms with E-state index in [0.717, 1.165) is 41.7 Å². The molecule has 2 aliphatic rings. The molecule has 0 bridgehead atoms. The Bertz CT molecular complexity index is 795. The van der Waals surface area contributed by atoms with Crippen molar-refractivity contribution in [1.82, 2.24) is 9.88 Å². The summed E-state index contributed by atoms with van der Waals surface area (Å²) in [7, 11) is 0. The lowest BCUT2D eigenvalue weighted by Gasteiger charge is -2.43. The lowest BCUT2D eigenvalue weighted by molar-refractivity contribution is 0.0274. The van der Waals surface area contributed by atoms with Gasteiger partial charge in [0.2, 0.25) is 0 Å². The third kappa shape index (κ3) is 3.52. The fourth-order valence-corrected chi connectivity index (χ4v) is 5.22. The van der Waals surface area contributed by atoms with Gasteiger partial charge in [-0.3, -0.25) is 4.90 Å². The first-order valence-corrected chi connectivity index (χ1v) is 10.3. The number of aromatic nitrogens is 1. The third-order valence-electron chi connectivity index (χ3n) is 6.59. The Hall–Kier alpha value is -1.81. The van der Waals surface area contributed by atoms with Gasteiger partial charge in [-0.25, -0.2) is 4.98 Å². The number of oxazole rings is 1. The molecule has 0 radical (unpaired) electrons. The molecule has 1 aromatic carbocycles. The summed E-state index contributed by atoms with van der Waals surface area (Å²) in [5, 5.41) is 0. The highest BCUT2D eigenvalue weighted by molar-refractivity contribution is 5.60. The van der Waals surface area contributed by atoms with Crippen LogP contribution in [0.1, 0.15) is 58.0 Å². The van der Waals surface area contributed by atoms with Gasteiger partial charge in [0.1, 0.15) is 5.75 Å². The Morgan fingerprint density at radius 2 is 1.93 bits per heavy atom. The average molecular weight is 369 g/mol. The second-order valence-corrected chi connectivity index (χ2v) is 8.94. The number of rotatable bonds is 4. The van der Waals surface area contributed by atoms with Crippen LogP contribution >= 0.6 is 0 Å². The molecule has 1 aliphatic heterocycles. The second kappa shape index (κ2) is 6.97. The minimum Gasteiger partial charge on any atom is -0.490 e. The smallest absolute Gasteiger partial charge is 0.192 e. The minimum absolute atomic E-state index is 0.318. The molecule has 0 N–H and O–H groups in total. The standard InChI is InChI=1S/C23H32N2O2/c1-15(2)25-13-12-23(5)14-20(10-11-21(23)25)27-19-8-6-18(7-9-19)22-16(3)24-17(4)26-22/h6-9,15,20-21H,10-14H2,1-5H3. The van der Waals surface area contributed by atoms with Crippen molar-refractivity contribution in [2.24, 2.45) is 5.41 Å². The van der Waals surface area contributed by atoms with Crippen LogP contribution < -0.4 is 4.74 Å². The summed E-state index contributed by atoms with van der Waals surface area (Å²) in [6.07, 6.45) is 5.15. The van der Waals surface area contributed by atoms with E-state index in [1.54, 1.807) is 0 Å². The Morgan fingerprint density at radius 3 is 2.56 bits per heavy atom. The molecule has 4 rings (SSSR count). The Balaban J connectivity index is 1.42. The fraction of sp³-hybridized carbons (Fsp3) is 0.609. The van der Waals surface area contributed by atoms with Gasteiger partial charge in [-0.1, -0.05) is 6.92 Å². The number of hydrogen-bond donors (Lipinski definition) is 0. The topological polar surface area (TPSA) is 38.5 Å². The van der Waals surface area contributed by atoms with Crippen LogP contribution in [-0.2, 0) is 0 Å². The van der Waals surface area contributed by atoms with Crippen molar-refractivity contribution in [2.45, 2.75) is 78.5 Å². The molecule has 0 spiro atoms. The summed E-state index contributed by atoms with van der Waals surface area (Å²) in [6.45, 7) is 12.2. The highest BCUT2D eigenvalue weighted by Gasteiger charge is 2.48. The van der Waals surface area contributed by atoms with Gasteiger partial charge in [-0.15, -0.1) is 0 Å². The van der Waals surface area contributed by atoms with Gasteiger partial charge in [0.05, 0.1) is 11.8 Å². The SMILES string of the molecule is Cc1nc(C)c(-c2ccc(OC3CCC4N(C(C)C)CCC4(C)C3)cc2)o1. The molecule has 3 atom stereocenters. The summed E-state index contributed by atoms with van der Waals surface area (Å²) in [5.41, 5.74) is 2.38. The highest BCUT2D eigenvalue weighted by atomic mass is 16.5. The molecular formula is C23H32N2O2. The highest BCUT2D eigenvalue weighted by Crippen LogP contribution is 2.48. The van der Waals surface area contributed by atoms with Crippen molar-refractivity contribution >= 4 is 0 Å². The summed E-state index contributed by atoms with van der Waals surface area (Å²) >= 11 is 0. The van der Waals surface area contributed by atoms with Crippen LogP contribution in [0.15, 0.2) is 28.7 Å². The first-order valence-electron chi connectivity index (χ1n) is 10.3. The zero-order valence-electron chi connectivity index (χ0n) is 17.3. The maximum atomic E-state index is 6.39. The molecule has 1 saturated heterocycles. The van der Waals surface area contributed by atoms with Gasteiger partial charge in [0, 0.05) is 24.6 Å². The quantitative estimate of drug-likeness (QED) is 0.726. The number of likely N-dealkylation sites (tertiary alicyclic amines) is 1. The monoisotopic (exact) mass is 368 g/mol. The third-order valence-corrected chi connectivity index (χ3v) is 6.59. The van der Waals surface area contributed by atoms with Crippen molar-refractivity contribution in [3.63, 3.8) is 0 Å². The van der Waals surface area contributed by atoms with E-state index in [-0.39, 0.29) is 0 Å². The van der Waals surface area contributed by atoms with Gasteiger partial charge in [-0.2, -0.15) is 0 Å². The molecule has 27 heavy (non-hydrogen) atoms. The number of nitrogens with zero attached hydrogens (tertiary/aromatic N) is 2. The molecule has 2 fully saturated rings. The lowest BCUT2D eigenvalue weighted by atomic mass is 9.70. The maximum Gasteiger partial charge on any atom is 0.192 e. The minimum atomic E-state index is 0.318. The van der Waals surface area contributed by atoms with E-state index >= 15 is 0 Å². The first kappa shape index (κ1) is 18.5. The molecule has 4 nitrogen and oxygen atoms in total. The van der Waals surface area contributed by atoms with Crippen LogP contribution in [0.4, 0.5) is 0 Å². The van der Waals surface area contributed by atoms with Crippen molar-refractivity contribution in [3.05, 3.63) is 35.9 Å². The fourth-order valence-electron chi connectivity index (χ4n) is 5.22. The van der Waals surface area contributed by atoms with E-state index in [0.29, 0.717) is 23.5 Å². The van der Waals surface area contributed by atoms with Crippen LogP contribution in [0.5, 0.6) is 5.75 Å². The summed E-state index contributed by atoms with van der Waals surface area (Å²) in [4.78, 5) is 7.06. The van der Waals surface area contributed by atoms with Crippen LogP contribution in [0.2, 0.25) is 0 Å². The number of ether oxygens (including phenoxy) is 1. The van der Waals surface area contributed by atoms with E-state index in [2.05, 4.69) is 54.9 Å². The van der Waals surface area contributed by atoms with Crippen LogP contribution in [-0.4, -0.2) is 34.6 Å². The first-order chi connectivity index (χ1) is 12.9. The molecule has 4 heteroatoms. The summed E-state index contributed by atoms with van der Waals surface area (Å²) < 4.78 is 12.1. The van der Waals surface area contributed by atoms with E-state index in [9.17, 15) is 0 Å². The van der Waals surface area contributed by atoms with Gasteiger partial charge in [-0.05, 0) is 82.7 Å². The van der Waals surface area contributed by atoms with Gasteiger partial charge in [0.25, 0.3) is 0 Å². The predicted molar refractivity (Wildman–Crippen MR) is 108 cm³/mol. The maximum absolute atomic E-state index is 6.39. The van der Waals surface area contributed by atoms with Crippen molar-refractivity contribution in [1.29, 1.82) is 0 Å². The van der Waals surface area contributed by atoms with E-state index in [4.69, 9.17) is 9.15 Å². The molecule has 0 amide bonds. The average Bonchev–Trinajstić information content (AvgIpc) is 3.14. The number of aryl methyl sites for hydroxylation is 2. The van der Waals surface area contributed by atoms with E-state index in [1.165, 1.54) is 19.4 Å². The Kier molecular flexibility index (Phi) is 4.79. The van der Waals surface area contributed by atoms with Crippen molar-refractivity contribution in [3.8, 4) is 17.1 Å². The molecule has 3 unspecified atom stereocenters. The number of fused-ring (bicyclic) bond motifs is 1. The largest absolute Gasteiger partial charge is 0.490 e. The predicted octanol–water partition coefficient (Wildman–Crippen LogP) is 5.38. The zero-order valence-corrected chi connectivity index (χ0v) is 17.3. The second-order valence-electron chi connectivity index (χ2n) is 8.94. The lowest BCUT2D eigenvalue weighted by Crippen LogP contribution is -2.47. The molecule has 146 valence electrons. The Labute approximate surface area is 162 Å². The summed E-state index contributed by atoms with van der Waals surface area (Å²) in [6, 6.07) is 9.64. The van der Waals surface area contributed by atoms with Crippen molar-refractivity contribution in [2.75, 3.05) is 6.54 Å². The normalized spacial score (nSPS) is 28.5. The van der Waals surface area contributed by atoms with Crippen LogP contribution in [0.3, 0.4) is 0 Å². The van der Waals surface area contributed by atoms with Gasteiger partial charge in [0.15, 0.2) is 11.7 Å². The molecule has 1 aromatic heterocycles. The molecule has 2 heterocycles. The molecule has 2 aromatic rings. The number of benzene rings is 1. The Morgan fingerprint density at radius 1 is 1.19 bits per heavy atom. The van der Waals surface area contributed by atoms with Crippen LogP contribution in [0, 0.1) is 19.3 Å². The number of hydrogen-bond acceptors (Lipinski definition) is 4. The van der Waals surface area contributed by atoms with Crippen LogP contribution in [0.25, 0.3) is 11.3 Å².